The number of aromatic nitrogens is 2. The van der Waals surface area contributed by atoms with E-state index in [-0.39, 0.29) is 5.91 Å². The molecule has 112 valence electrons. The van der Waals surface area contributed by atoms with E-state index in [2.05, 4.69) is 28.7 Å². The van der Waals surface area contributed by atoms with Crippen molar-refractivity contribution in [2.24, 2.45) is 0 Å². The lowest BCUT2D eigenvalue weighted by molar-refractivity contribution is -0.134. The van der Waals surface area contributed by atoms with Crippen LogP contribution < -0.4 is 0 Å². The van der Waals surface area contributed by atoms with Crippen LogP contribution in [-0.4, -0.2) is 38.6 Å². The van der Waals surface area contributed by atoms with E-state index in [9.17, 15) is 4.79 Å². The summed E-state index contributed by atoms with van der Waals surface area (Å²) in [7, 11) is 0. The number of piperidine rings is 1. The summed E-state index contributed by atoms with van der Waals surface area (Å²) in [6.45, 7) is 4.31. The Hall–Kier alpha value is -1.14. The quantitative estimate of drug-likeness (QED) is 0.640. The standard InChI is InChI=1S/C15H19N3OS2/c1-10-4-3-5-11(2)18(10)13(19)8-21-15-12-6-7-20-14(12)16-9-17-15/h6-7,9-11H,3-5,8H2,1-2H3/t10-,11-/m1/s1. The molecule has 2 atom stereocenters. The largest absolute Gasteiger partial charge is 0.337 e. The molecule has 21 heavy (non-hydrogen) atoms. The average Bonchev–Trinajstić information content (AvgIpc) is 2.93. The summed E-state index contributed by atoms with van der Waals surface area (Å²) in [4.78, 5) is 24.1. The predicted molar refractivity (Wildman–Crippen MR) is 87.8 cm³/mol. The molecule has 6 heteroatoms. The van der Waals surface area contributed by atoms with Gasteiger partial charge in [0.2, 0.25) is 5.91 Å². The van der Waals surface area contributed by atoms with E-state index in [4.69, 9.17) is 0 Å². The van der Waals surface area contributed by atoms with Gasteiger partial charge in [0.25, 0.3) is 0 Å². The number of carbonyl (C=O) groups is 1. The van der Waals surface area contributed by atoms with Gasteiger partial charge >= 0.3 is 0 Å². The molecule has 1 saturated heterocycles. The Balaban J connectivity index is 1.69. The summed E-state index contributed by atoms with van der Waals surface area (Å²) < 4.78 is 0. The van der Waals surface area contributed by atoms with Gasteiger partial charge in [0, 0.05) is 17.5 Å². The Morgan fingerprint density at radius 2 is 2.14 bits per heavy atom. The van der Waals surface area contributed by atoms with Gasteiger partial charge < -0.3 is 4.90 Å². The minimum absolute atomic E-state index is 0.224. The van der Waals surface area contributed by atoms with Crippen LogP contribution in [0.25, 0.3) is 10.2 Å². The number of thioether (sulfide) groups is 1. The first-order chi connectivity index (χ1) is 10.2. The highest BCUT2D eigenvalue weighted by atomic mass is 32.2. The number of carbonyl (C=O) groups excluding carboxylic acids is 1. The first-order valence-corrected chi connectivity index (χ1v) is 9.15. The van der Waals surface area contributed by atoms with Crippen LogP contribution in [0.3, 0.4) is 0 Å². The summed E-state index contributed by atoms with van der Waals surface area (Å²) >= 11 is 3.13. The van der Waals surface area contributed by atoms with Gasteiger partial charge in [0.05, 0.1) is 5.75 Å². The second-order valence-electron chi connectivity index (χ2n) is 5.54. The maximum Gasteiger partial charge on any atom is 0.233 e. The molecule has 3 heterocycles. The summed E-state index contributed by atoms with van der Waals surface area (Å²) in [6.07, 6.45) is 5.03. The van der Waals surface area contributed by atoms with Crippen LogP contribution in [-0.2, 0) is 4.79 Å². The Morgan fingerprint density at radius 3 is 2.90 bits per heavy atom. The molecule has 1 amide bonds. The summed E-state index contributed by atoms with van der Waals surface area (Å²) in [5, 5.41) is 3.98. The van der Waals surface area contributed by atoms with Crippen molar-refractivity contribution >= 4 is 39.2 Å². The third kappa shape index (κ3) is 3.06. The SMILES string of the molecule is C[C@@H]1CCC[C@@H](C)N1C(=O)CSc1ncnc2sccc12. The van der Waals surface area contributed by atoms with Gasteiger partial charge in [-0.3, -0.25) is 4.79 Å². The van der Waals surface area contributed by atoms with Crippen molar-refractivity contribution in [3.05, 3.63) is 17.8 Å². The molecular weight excluding hydrogens is 302 g/mol. The van der Waals surface area contributed by atoms with Gasteiger partial charge in [-0.15, -0.1) is 11.3 Å². The van der Waals surface area contributed by atoms with Crippen molar-refractivity contribution in [1.82, 2.24) is 14.9 Å². The number of amides is 1. The number of likely N-dealkylation sites (tertiary alicyclic amines) is 1. The monoisotopic (exact) mass is 321 g/mol. The van der Waals surface area contributed by atoms with Crippen LogP contribution in [0.4, 0.5) is 0 Å². The average molecular weight is 321 g/mol. The van der Waals surface area contributed by atoms with Crippen LogP contribution in [0.2, 0.25) is 0 Å². The van der Waals surface area contributed by atoms with Crippen molar-refractivity contribution in [2.75, 3.05) is 5.75 Å². The molecule has 1 aliphatic rings. The minimum Gasteiger partial charge on any atom is -0.337 e. The van der Waals surface area contributed by atoms with Crippen molar-refractivity contribution in [1.29, 1.82) is 0 Å². The number of thiophene rings is 1. The van der Waals surface area contributed by atoms with E-state index in [1.807, 2.05) is 11.4 Å². The van der Waals surface area contributed by atoms with Gasteiger partial charge in [0.1, 0.15) is 16.2 Å². The fourth-order valence-electron chi connectivity index (χ4n) is 3.00. The van der Waals surface area contributed by atoms with Gasteiger partial charge in [-0.2, -0.15) is 0 Å². The van der Waals surface area contributed by atoms with Crippen LogP contribution >= 0.6 is 23.1 Å². The number of rotatable bonds is 3. The predicted octanol–water partition coefficient (Wildman–Crippen LogP) is 3.57. The molecule has 0 radical (unpaired) electrons. The molecule has 3 rings (SSSR count). The maximum absolute atomic E-state index is 12.5. The van der Waals surface area contributed by atoms with E-state index in [0.29, 0.717) is 17.8 Å². The van der Waals surface area contributed by atoms with Gasteiger partial charge in [-0.25, -0.2) is 9.97 Å². The maximum atomic E-state index is 12.5. The van der Waals surface area contributed by atoms with Crippen LogP contribution in [0.5, 0.6) is 0 Å². The summed E-state index contributed by atoms with van der Waals surface area (Å²) in [6, 6.07) is 2.74. The topological polar surface area (TPSA) is 46.1 Å². The van der Waals surface area contributed by atoms with Crippen LogP contribution in [0, 0.1) is 0 Å². The van der Waals surface area contributed by atoms with Crippen LogP contribution in [0.15, 0.2) is 22.8 Å². The van der Waals surface area contributed by atoms with E-state index in [1.165, 1.54) is 18.2 Å². The molecule has 2 aromatic rings. The molecule has 0 saturated carbocycles. The first kappa shape index (κ1) is 14.8. The molecule has 2 aromatic heterocycles. The number of fused-ring (bicyclic) bond motifs is 1. The Labute approximate surface area is 133 Å². The lowest BCUT2D eigenvalue weighted by atomic mass is 9.98. The van der Waals surface area contributed by atoms with E-state index in [0.717, 1.165) is 28.1 Å². The molecule has 0 bridgehead atoms. The highest BCUT2D eigenvalue weighted by Gasteiger charge is 2.28. The zero-order valence-corrected chi connectivity index (χ0v) is 13.9. The molecule has 1 aliphatic heterocycles. The van der Waals surface area contributed by atoms with Crippen molar-refractivity contribution in [3.63, 3.8) is 0 Å². The van der Waals surface area contributed by atoms with Crippen molar-refractivity contribution < 1.29 is 4.79 Å². The molecule has 1 fully saturated rings. The molecule has 4 nitrogen and oxygen atoms in total. The lowest BCUT2D eigenvalue weighted by Gasteiger charge is -2.39. The van der Waals surface area contributed by atoms with E-state index < -0.39 is 0 Å². The Kier molecular flexibility index (Phi) is 4.45. The number of hydrogen-bond donors (Lipinski definition) is 0. The highest BCUT2D eigenvalue weighted by molar-refractivity contribution is 8.00. The lowest BCUT2D eigenvalue weighted by Crippen LogP contribution is -2.48. The van der Waals surface area contributed by atoms with Crippen LogP contribution in [0.1, 0.15) is 33.1 Å². The molecule has 0 unspecified atom stereocenters. The van der Waals surface area contributed by atoms with E-state index in [1.54, 1.807) is 17.7 Å². The van der Waals surface area contributed by atoms with Crippen molar-refractivity contribution in [3.8, 4) is 0 Å². The minimum atomic E-state index is 0.224. The summed E-state index contributed by atoms with van der Waals surface area (Å²) in [5.41, 5.74) is 0. The smallest absolute Gasteiger partial charge is 0.233 e. The highest BCUT2D eigenvalue weighted by Crippen LogP contribution is 2.29. The summed E-state index contributed by atoms with van der Waals surface area (Å²) in [5.74, 6) is 0.679. The molecule has 0 aromatic carbocycles. The van der Waals surface area contributed by atoms with Crippen molar-refractivity contribution in [2.45, 2.75) is 50.2 Å². The molecular formula is C15H19N3OS2. The third-order valence-electron chi connectivity index (χ3n) is 4.04. The second-order valence-corrected chi connectivity index (χ2v) is 7.40. The number of hydrogen-bond acceptors (Lipinski definition) is 5. The zero-order valence-electron chi connectivity index (χ0n) is 12.3. The first-order valence-electron chi connectivity index (χ1n) is 7.29. The van der Waals surface area contributed by atoms with Gasteiger partial charge in [-0.05, 0) is 44.6 Å². The zero-order chi connectivity index (χ0) is 14.8. The normalized spacial score (nSPS) is 22.7. The Morgan fingerprint density at radius 1 is 1.38 bits per heavy atom. The van der Waals surface area contributed by atoms with Gasteiger partial charge in [0.15, 0.2) is 0 Å². The Bertz CT molecular complexity index is 633. The number of nitrogens with zero attached hydrogens (tertiary/aromatic N) is 3. The fraction of sp³-hybridized carbons (Fsp3) is 0.533. The molecule has 0 spiro atoms. The third-order valence-corrected chi connectivity index (χ3v) is 5.85. The fourth-order valence-corrected chi connectivity index (χ4v) is 4.65. The molecule has 0 N–H and O–H groups in total. The molecule has 0 aliphatic carbocycles. The van der Waals surface area contributed by atoms with E-state index >= 15 is 0 Å². The van der Waals surface area contributed by atoms with Gasteiger partial charge in [-0.1, -0.05) is 11.8 Å². The second kappa shape index (κ2) is 6.32.